The van der Waals surface area contributed by atoms with E-state index in [2.05, 4.69) is 4.98 Å². The van der Waals surface area contributed by atoms with E-state index in [1.165, 1.54) is 12.3 Å². The molecular weight excluding hydrogens is 183 g/mol. The molecule has 0 amide bonds. The van der Waals surface area contributed by atoms with Crippen LogP contribution in [-0.2, 0) is 0 Å². The normalized spacial score (nSPS) is 11.9. The summed E-state index contributed by atoms with van der Waals surface area (Å²) in [6, 6.07) is 2.40. The quantitative estimate of drug-likeness (QED) is 0.676. The van der Waals surface area contributed by atoms with Crippen LogP contribution in [0.3, 0.4) is 0 Å². The maximum Gasteiger partial charge on any atom is 0.217 e. The zero-order chi connectivity index (χ0) is 8.27. The Morgan fingerprint density at radius 1 is 1.67 bits per heavy atom. The van der Waals surface area contributed by atoms with E-state index in [1.54, 1.807) is 6.07 Å². The summed E-state index contributed by atoms with van der Waals surface area (Å²) < 4.78 is 12.7. The summed E-state index contributed by atoms with van der Waals surface area (Å²) >= 11 is 0. The van der Waals surface area contributed by atoms with Gasteiger partial charge in [0.1, 0.15) is 0 Å². The van der Waals surface area contributed by atoms with Crippen molar-refractivity contribution in [1.29, 1.82) is 0 Å². The number of rotatable bonds is 2. The molecule has 0 fully saturated rings. The van der Waals surface area contributed by atoms with Crippen molar-refractivity contribution in [3.63, 3.8) is 0 Å². The van der Waals surface area contributed by atoms with Gasteiger partial charge in [-0.2, -0.15) is 4.39 Å². The molecule has 1 atom stereocenters. The number of halogens is 2. The summed E-state index contributed by atoms with van der Waals surface area (Å²) in [6.45, 7) is -0.275. The minimum absolute atomic E-state index is 0. The average molecular weight is 193 g/mol. The SMILES string of the molecule is Cl.N[C@H](CO)c1cccnc1F. The summed E-state index contributed by atoms with van der Waals surface area (Å²) in [5.74, 6) is -0.617. The van der Waals surface area contributed by atoms with Crippen molar-refractivity contribution in [3.8, 4) is 0 Å². The largest absolute Gasteiger partial charge is 0.394 e. The molecule has 0 saturated carbocycles. The lowest BCUT2D eigenvalue weighted by molar-refractivity contribution is 0.264. The Hall–Kier alpha value is -0.710. The second-order valence-electron chi connectivity index (χ2n) is 2.17. The first-order valence-electron chi connectivity index (χ1n) is 3.22. The highest BCUT2D eigenvalue weighted by molar-refractivity contribution is 5.85. The van der Waals surface area contributed by atoms with E-state index in [-0.39, 0.29) is 24.6 Å². The van der Waals surface area contributed by atoms with Gasteiger partial charge < -0.3 is 10.8 Å². The Morgan fingerprint density at radius 3 is 2.83 bits per heavy atom. The fourth-order valence-electron chi connectivity index (χ4n) is 0.773. The first-order chi connectivity index (χ1) is 5.25. The number of hydrogen-bond donors (Lipinski definition) is 2. The molecule has 0 aliphatic carbocycles. The van der Waals surface area contributed by atoms with Crippen molar-refractivity contribution in [2.75, 3.05) is 6.61 Å². The first kappa shape index (κ1) is 11.3. The smallest absolute Gasteiger partial charge is 0.217 e. The van der Waals surface area contributed by atoms with E-state index >= 15 is 0 Å². The molecule has 0 spiro atoms. The Bertz CT molecular complexity index is 247. The maximum atomic E-state index is 12.7. The molecular formula is C7H10ClFN2O. The summed E-state index contributed by atoms with van der Waals surface area (Å²) in [7, 11) is 0. The van der Waals surface area contributed by atoms with E-state index in [9.17, 15) is 4.39 Å². The van der Waals surface area contributed by atoms with Gasteiger partial charge in [0.2, 0.25) is 5.95 Å². The van der Waals surface area contributed by atoms with Crippen LogP contribution in [0.4, 0.5) is 4.39 Å². The standard InChI is InChI=1S/C7H9FN2O.ClH/c8-7-5(6(9)4-11)2-1-3-10-7;/h1-3,6,11H,4,9H2;1H/t6-;/m1./s1. The van der Waals surface area contributed by atoms with Crippen LogP contribution in [0.2, 0.25) is 0 Å². The summed E-state index contributed by atoms with van der Waals surface area (Å²) in [5, 5.41) is 8.59. The Kier molecular flexibility index (Phi) is 4.73. The monoisotopic (exact) mass is 192 g/mol. The fraction of sp³-hybridized carbons (Fsp3) is 0.286. The van der Waals surface area contributed by atoms with Gasteiger partial charge in [0.05, 0.1) is 12.6 Å². The maximum absolute atomic E-state index is 12.7. The molecule has 0 radical (unpaired) electrons. The van der Waals surface area contributed by atoms with Crippen molar-refractivity contribution in [3.05, 3.63) is 29.8 Å². The molecule has 1 heterocycles. The second kappa shape index (κ2) is 5.03. The van der Waals surface area contributed by atoms with Gasteiger partial charge in [-0.3, -0.25) is 0 Å². The van der Waals surface area contributed by atoms with Crippen molar-refractivity contribution >= 4 is 12.4 Å². The molecule has 5 heteroatoms. The molecule has 1 aromatic rings. The Morgan fingerprint density at radius 2 is 2.33 bits per heavy atom. The third-order valence-electron chi connectivity index (χ3n) is 1.38. The molecule has 0 aliphatic rings. The predicted octanol–water partition coefficient (Wildman–Crippen LogP) is 0.635. The highest BCUT2D eigenvalue weighted by Gasteiger charge is 2.09. The lowest BCUT2D eigenvalue weighted by atomic mass is 10.1. The van der Waals surface area contributed by atoms with E-state index in [0.29, 0.717) is 0 Å². The lowest BCUT2D eigenvalue weighted by Crippen LogP contribution is -2.16. The van der Waals surface area contributed by atoms with Crippen molar-refractivity contribution < 1.29 is 9.50 Å². The van der Waals surface area contributed by atoms with Crippen LogP contribution in [0.5, 0.6) is 0 Å². The van der Waals surface area contributed by atoms with E-state index in [1.807, 2.05) is 0 Å². The van der Waals surface area contributed by atoms with Gasteiger partial charge in [-0.05, 0) is 6.07 Å². The van der Waals surface area contributed by atoms with Crippen molar-refractivity contribution in [1.82, 2.24) is 4.98 Å². The molecule has 1 rings (SSSR count). The van der Waals surface area contributed by atoms with Gasteiger partial charge in [0.25, 0.3) is 0 Å². The van der Waals surface area contributed by atoms with Gasteiger partial charge in [0, 0.05) is 11.8 Å². The lowest BCUT2D eigenvalue weighted by Gasteiger charge is -2.07. The number of aliphatic hydroxyl groups excluding tert-OH is 1. The van der Waals surface area contributed by atoms with Gasteiger partial charge in [-0.25, -0.2) is 4.98 Å². The highest BCUT2D eigenvalue weighted by atomic mass is 35.5. The predicted molar refractivity (Wildman–Crippen MR) is 45.5 cm³/mol. The highest BCUT2D eigenvalue weighted by Crippen LogP contribution is 2.10. The number of nitrogens with two attached hydrogens (primary N) is 1. The Balaban J connectivity index is 0.00000121. The molecule has 68 valence electrons. The van der Waals surface area contributed by atoms with Gasteiger partial charge in [0.15, 0.2) is 0 Å². The van der Waals surface area contributed by atoms with Crippen LogP contribution in [-0.4, -0.2) is 16.7 Å². The van der Waals surface area contributed by atoms with Gasteiger partial charge in [-0.15, -0.1) is 12.4 Å². The second-order valence-corrected chi connectivity index (χ2v) is 2.17. The van der Waals surface area contributed by atoms with Crippen molar-refractivity contribution in [2.24, 2.45) is 5.73 Å². The third kappa shape index (κ3) is 2.41. The van der Waals surface area contributed by atoms with Crippen LogP contribution >= 0.6 is 12.4 Å². The van der Waals surface area contributed by atoms with Crippen LogP contribution in [0.1, 0.15) is 11.6 Å². The topological polar surface area (TPSA) is 59.1 Å². The Labute approximate surface area is 75.8 Å². The third-order valence-corrected chi connectivity index (χ3v) is 1.38. The fourth-order valence-corrected chi connectivity index (χ4v) is 0.773. The molecule has 0 unspecified atom stereocenters. The molecule has 0 bridgehead atoms. The molecule has 0 aromatic carbocycles. The van der Waals surface area contributed by atoms with E-state index in [4.69, 9.17) is 10.8 Å². The van der Waals surface area contributed by atoms with Gasteiger partial charge >= 0.3 is 0 Å². The molecule has 3 nitrogen and oxygen atoms in total. The zero-order valence-electron chi connectivity index (χ0n) is 6.27. The molecule has 0 saturated heterocycles. The van der Waals surface area contributed by atoms with Crippen LogP contribution in [0.15, 0.2) is 18.3 Å². The average Bonchev–Trinajstić information content (AvgIpc) is 2.04. The van der Waals surface area contributed by atoms with Crippen LogP contribution < -0.4 is 5.73 Å². The molecule has 1 aromatic heterocycles. The minimum atomic E-state index is -0.677. The first-order valence-corrected chi connectivity index (χ1v) is 3.22. The summed E-state index contributed by atoms with van der Waals surface area (Å²) in [5.41, 5.74) is 5.61. The number of pyridine rings is 1. The summed E-state index contributed by atoms with van der Waals surface area (Å²) in [6.07, 6.45) is 1.34. The molecule has 12 heavy (non-hydrogen) atoms. The molecule has 0 aliphatic heterocycles. The minimum Gasteiger partial charge on any atom is -0.394 e. The van der Waals surface area contributed by atoms with E-state index in [0.717, 1.165) is 0 Å². The number of aromatic nitrogens is 1. The van der Waals surface area contributed by atoms with Gasteiger partial charge in [-0.1, -0.05) is 6.07 Å². The number of nitrogens with zero attached hydrogens (tertiary/aromatic N) is 1. The van der Waals surface area contributed by atoms with Crippen molar-refractivity contribution in [2.45, 2.75) is 6.04 Å². The number of hydrogen-bond acceptors (Lipinski definition) is 3. The zero-order valence-corrected chi connectivity index (χ0v) is 7.09. The van der Waals surface area contributed by atoms with Crippen LogP contribution in [0.25, 0.3) is 0 Å². The number of aliphatic hydroxyl groups is 1. The van der Waals surface area contributed by atoms with Crippen LogP contribution in [0, 0.1) is 5.95 Å². The summed E-state index contributed by atoms with van der Waals surface area (Å²) in [4.78, 5) is 3.39. The van der Waals surface area contributed by atoms with E-state index < -0.39 is 12.0 Å². The molecule has 3 N–H and O–H groups in total.